The average molecular weight is 374 g/mol. The Bertz CT molecular complexity index is 1120. The van der Waals surface area contributed by atoms with Crippen LogP contribution in [0.15, 0.2) is 46.3 Å². The summed E-state index contributed by atoms with van der Waals surface area (Å²) in [6, 6.07) is 6.64. The first kappa shape index (κ1) is 18.3. The molecule has 0 aliphatic rings. The van der Waals surface area contributed by atoms with E-state index in [0.717, 1.165) is 10.9 Å². The van der Waals surface area contributed by atoms with E-state index in [9.17, 15) is 13.2 Å². The molecule has 3 rings (SSSR count). The number of aromatic amines is 1. The number of nitrogens with one attached hydrogen (secondary N) is 1. The highest BCUT2D eigenvalue weighted by molar-refractivity contribution is 7.90. The molecule has 1 N–H and O–H groups in total. The minimum Gasteiger partial charge on any atom is -0.493 e. The number of hydrogen-bond acceptors (Lipinski definition) is 4. The van der Waals surface area contributed by atoms with Crippen LogP contribution >= 0.6 is 0 Å². The number of pyridine rings is 1. The highest BCUT2D eigenvalue weighted by Gasteiger charge is 2.17. The Hall–Kier alpha value is -2.54. The molecule has 0 unspecified atom stereocenters. The SMILES string of the molecule is CC(C)COc1ccc(S(C)(=O)=O)cc1-c1cn(C)c(=O)c2[nH]ccc12. The molecule has 0 aliphatic carbocycles. The number of benzene rings is 1. The van der Waals surface area contributed by atoms with Crippen LogP contribution in [-0.4, -0.2) is 30.8 Å². The topological polar surface area (TPSA) is 81.2 Å². The fourth-order valence-corrected chi connectivity index (χ4v) is 3.46. The minimum atomic E-state index is -3.37. The van der Waals surface area contributed by atoms with E-state index in [0.29, 0.717) is 29.4 Å². The molecular weight excluding hydrogens is 352 g/mol. The van der Waals surface area contributed by atoms with Gasteiger partial charge in [-0.2, -0.15) is 0 Å². The molecule has 26 heavy (non-hydrogen) atoms. The van der Waals surface area contributed by atoms with Gasteiger partial charge in [-0.25, -0.2) is 8.42 Å². The number of rotatable bonds is 5. The average Bonchev–Trinajstić information content (AvgIpc) is 3.05. The molecule has 0 amide bonds. The molecule has 2 heterocycles. The predicted molar refractivity (Wildman–Crippen MR) is 102 cm³/mol. The number of ether oxygens (including phenoxy) is 1. The summed E-state index contributed by atoms with van der Waals surface area (Å²) in [5.74, 6) is 0.914. The maximum atomic E-state index is 12.3. The molecule has 0 radical (unpaired) electrons. The third-order valence-electron chi connectivity index (χ3n) is 4.14. The lowest BCUT2D eigenvalue weighted by Crippen LogP contribution is -2.16. The number of H-pyrrole nitrogens is 1. The second-order valence-corrected chi connectivity index (χ2v) is 8.88. The molecular formula is C19H22N2O4S. The summed E-state index contributed by atoms with van der Waals surface area (Å²) in [4.78, 5) is 15.5. The van der Waals surface area contributed by atoms with Gasteiger partial charge in [0.05, 0.1) is 11.5 Å². The zero-order chi connectivity index (χ0) is 19.1. The van der Waals surface area contributed by atoms with Gasteiger partial charge in [0.15, 0.2) is 9.84 Å². The van der Waals surface area contributed by atoms with E-state index < -0.39 is 9.84 Å². The normalized spacial score (nSPS) is 12.0. The van der Waals surface area contributed by atoms with Gasteiger partial charge in [-0.1, -0.05) is 13.8 Å². The van der Waals surface area contributed by atoms with Crippen molar-refractivity contribution in [3.63, 3.8) is 0 Å². The van der Waals surface area contributed by atoms with Crippen molar-refractivity contribution in [3.8, 4) is 16.9 Å². The number of aromatic nitrogens is 2. The van der Waals surface area contributed by atoms with Crippen LogP contribution in [0.5, 0.6) is 5.75 Å². The van der Waals surface area contributed by atoms with Crippen LogP contribution in [0.2, 0.25) is 0 Å². The van der Waals surface area contributed by atoms with Crippen molar-refractivity contribution in [2.75, 3.05) is 12.9 Å². The molecule has 0 spiro atoms. The Kier molecular flexibility index (Phi) is 4.66. The molecule has 0 saturated heterocycles. The predicted octanol–water partition coefficient (Wildman–Crippen LogP) is 2.97. The molecule has 0 saturated carbocycles. The molecule has 0 fully saturated rings. The number of sulfone groups is 1. The lowest BCUT2D eigenvalue weighted by Gasteiger charge is -2.16. The third kappa shape index (κ3) is 3.39. The van der Waals surface area contributed by atoms with Gasteiger partial charge in [0.25, 0.3) is 5.56 Å². The van der Waals surface area contributed by atoms with Crippen LogP contribution in [-0.2, 0) is 16.9 Å². The van der Waals surface area contributed by atoms with Crippen molar-refractivity contribution >= 4 is 20.7 Å². The quantitative estimate of drug-likeness (QED) is 0.744. The Morgan fingerprint density at radius 3 is 2.58 bits per heavy atom. The minimum absolute atomic E-state index is 0.141. The lowest BCUT2D eigenvalue weighted by molar-refractivity contribution is 0.272. The number of fused-ring (bicyclic) bond motifs is 1. The van der Waals surface area contributed by atoms with Crippen LogP contribution in [0.25, 0.3) is 22.0 Å². The maximum Gasteiger partial charge on any atom is 0.274 e. The van der Waals surface area contributed by atoms with Gasteiger partial charge in [-0.15, -0.1) is 0 Å². The molecule has 138 valence electrons. The first-order valence-corrected chi connectivity index (χ1v) is 10.2. The molecule has 2 aromatic heterocycles. The fraction of sp³-hybridized carbons (Fsp3) is 0.316. The maximum absolute atomic E-state index is 12.3. The van der Waals surface area contributed by atoms with E-state index in [2.05, 4.69) is 4.98 Å². The van der Waals surface area contributed by atoms with Crippen LogP contribution in [0.1, 0.15) is 13.8 Å². The van der Waals surface area contributed by atoms with Crippen LogP contribution in [0.4, 0.5) is 0 Å². The van der Waals surface area contributed by atoms with Gasteiger partial charge in [0, 0.05) is 42.2 Å². The molecule has 0 atom stereocenters. The second-order valence-electron chi connectivity index (χ2n) is 6.86. The van der Waals surface area contributed by atoms with Crippen molar-refractivity contribution in [1.82, 2.24) is 9.55 Å². The molecule has 3 aromatic rings. The Labute approximate surface area is 152 Å². The summed E-state index contributed by atoms with van der Waals surface area (Å²) >= 11 is 0. The Morgan fingerprint density at radius 1 is 1.19 bits per heavy atom. The van der Waals surface area contributed by atoms with Gasteiger partial charge in [-0.05, 0) is 30.2 Å². The summed E-state index contributed by atoms with van der Waals surface area (Å²) in [5.41, 5.74) is 1.73. The van der Waals surface area contributed by atoms with E-state index in [-0.39, 0.29) is 10.5 Å². The van der Waals surface area contributed by atoms with Crippen LogP contribution in [0.3, 0.4) is 0 Å². The van der Waals surface area contributed by atoms with E-state index >= 15 is 0 Å². The smallest absolute Gasteiger partial charge is 0.274 e. The zero-order valence-corrected chi connectivity index (χ0v) is 16.1. The van der Waals surface area contributed by atoms with Gasteiger partial charge in [0.1, 0.15) is 11.3 Å². The summed E-state index contributed by atoms with van der Waals surface area (Å²) < 4.78 is 31.5. The first-order valence-electron chi connectivity index (χ1n) is 8.32. The first-order chi connectivity index (χ1) is 12.2. The molecule has 0 aliphatic heterocycles. The van der Waals surface area contributed by atoms with Gasteiger partial charge in [-0.3, -0.25) is 4.79 Å². The van der Waals surface area contributed by atoms with Gasteiger partial charge in [0.2, 0.25) is 0 Å². The molecule has 6 nitrogen and oxygen atoms in total. The Balaban J connectivity index is 2.30. The van der Waals surface area contributed by atoms with Crippen LogP contribution in [0, 0.1) is 5.92 Å². The summed E-state index contributed by atoms with van der Waals surface area (Å²) in [5, 5.41) is 0.730. The Morgan fingerprint density at radius 2 is 1.92 bits per heavy atom. The van der Waals surface area contributed by atoms with E-state index in [4.69, 9.17) is 4.74 Å². The van der Waals surface area contributed by atoms with Crippen molar-refractivity contribution in [2.24, 2.45) is 13.0 Å². The standard InChI is InChI=1S/C19H22N2O4S/c1-12(2)11-25-17-6-5-13(26(4,23)24)9-15(17)16-10-21(3)19(22)18-14(16)7-8-20-18/h5-10,12,20H,11H2,1-4H3. The number of nitrogens with zero attached hydrogens (tertiary/aromatic N) is 1. The summed E-state index contributed by atoms with van der Waals surface area (Å²) in [7, 11) is -1.70. The van der Waals surface area contributed by atoms with Crippen molar-refractivity contribution in [3.05, 3.63) is 47.0 Å². The second kappa shape index (κ2) is 6.64. The molecule has 1 aromatic carbocycles. The summed E-state index contributed by atoms with van der Waals surface area (Å²) in [6.45, 7) is 4.59. The van der Waals surface area contributed by atoms with Gasteiger partial charge >= 0.3 is 0 Å². The zero-order valence-electron chi connectivity index (χ0n) is 15.2. The number of aryl methyl sites for hydroxylation is 1. The highest BCUT2D eigenvalue weighted by Crippen LogP contribution is 2.36. The van der Waals surface area contributed by atoms with Crippen molar-refractivity contribution in [1.29, 1.82) is 0 Å². The monoisotopic (exact) mass is 374 g/mol. The van der Waals surface area contributed by atoms with E-state index in [1.165, 1.54) is 10.8 Å². The van der Waals surface area contributed by atoms with Crippen molar-refractivity contribution < 1.29 is 13.2 Å². The lowest BCUT2D eigenvalue weighted by atomic mass is 10.0. The van der Waals surface area contributed by atoms with Gasteiger partial charge < -0.3 is 14.3 Å². The number of hydrogen-bond donors (Lipinski definition) is 1. The molecule has 0 bridgehead atoms. The third-order valence-corrected chi connectivity index (χ3v) is 5.25. The van der Waals surface area contributed by atoms with Crippen LogP contribution < -0.4 is 10.3 Å². The van der Waals surface area contributed by atoms with Crippen molar-refractivity contribution in [2.45, 2.75) is 18.7 Å². The van der Waals surface area contributed by atoms with E-state index in [1.54, 1.807) is 37.6 Å². The summed E-state index contributed by atoms with van der Waals surface area (Å²) in [6.07, 6.45) is 4.58. The highest BCUT2D eigenvalue weighted by atomic mass is 32.2. The fourth-order valence-electron chi connectivity index (χ4n) is 2.82. The largest absolute Gasteiger partial charge is 0.493 e. The van der Waals surface area contributed by atoms with E-state index in [1.807, 2.05) is 19.9 Å². The molecule has 7 heteroatoms.